The molecule has 0 bridgehead atoms. The lowest BCUT2D eigenvalue weighted by molar-refractivity contribution is 1.27. The van der Waals surface area contributed by atoms with E-state index in [0.717, 1.165) is 32.0 Å². The Morgan fingerprint density at radius 1 is 1.17 bits per heavy atom. The molecule has 0 aliphatic rings. The minimum absolute atomic E-state index is 0.502. The summed E-state index contributed by atoms with van der Waals surface area (Å²) in [5.41, 5.74) is 4.26. The average molecular weight is 363 g/mol. The first-order valence-electron chi connectivity index (χ1n) is 7.08. The number of fused-ring (bicyclic) bond motifs is 2. The monoisotopic (exact) mass is 362 g/mol. The smallest absolute Gasteiger partial charge is 0.149 e. The van der Waals surface area contributed by atoms with Gasteiger partial charge in [-0.3, -0.25) is 0 Å². The molecule has 4 rings (SSSR count). The maximum Gasteiger partial charge on any atom is 0.149 e. The molecular weight excluding hydrogens is 352 g/mol. The number of nitriles is 1. The number of nitrogens with zero attached hydrogens (tertiary/aromatic N) is 2. The van der Waals surface area contributed by atoms with Crippen LogP contribution in [0.1, 0.15) is 11.4 Å². The highest BCUT2D eigenvalue weighted by molar-refractivity contribution is 9.10. The van der Waals surface area contributed by atoms with Crippen molar-refractivity contribution in [1.82, 2.24) is 15.0 Å². The van der Waals surface area contributed by atoms with Gasteiger partial charge in [0, 0.05) is 27.1 Å². The van der Waals surface area contributed by atoms with Gasteiger partial charge in [-0.25, -0.2) is 4.98 Å². The van der Waals surface area contributed by atoms with Crippen molar-refractivity contribution in [2.75, 3.05) is 0 Å². The zero-order valence-electron chi connectivity index (χ0n) is 12.0. The fraction of sp³-hybridized carbons (Fsp3) is 0. The van der Waals surface area contributed by atoms with Gasteiger partial charge >= 0.3 is 0 Å². The molecule has 0 fully saturated rings. The number of allylic oxidation sites excluding steroid dienone is 1. The molecule has 4 aromatic rings. The highest BCUT2D eigenvalue weighted by Crippen LogP contribution is 2.26. The summed E-state index contributed by atoms with van der Waals surface area (Å²) in [7, 11) is 0. The molecule has 4 nitrogen and oxygen atoms in total. The summed E-state index contributed by atoms with van der Waals surface area (Å²) in [6.45, 7) is 0. The highest BCUT2D eigenvalue weighted by atomic mass is 79.9. The number of aromatic nitrogens is 3. The van der Waals surface area contributed by atoms with Crippen LogP contribution >= 0.6 is 15.9 Å². The molecule has 2 aromatic carbocycles. The predicted octanol–water partition coefficient (Wildman–Crippen LogP) is 4.87. The standard InChI is InChI=1S/C18H11BrN4/c19-13-5-6-15-14(8-13)12(10-21-15)7-11(9-20)18-22-16-3-1-2-4-17(16)23-18/h1-8,10,21H,(H,22,23). The van der Waals surface area contributed by atoms with E-state index in [9.17, 15) is 5.26 Å². The molecule has 2 heterocycles. The van der Waals surface area contributed by atoms with Crippen molar-refractivity contribution in [1.29, 1.82) is 5.26 Å². The molecule has 0 amide bonds. The van der Waals surface area contributed by atoms with Crippen LogP contribution in [0.15, 0.2) is 53.1 Å². The summed E-state index contributed by atoms with van der Waals surface area (Å²) >= 11 is 3.48. The first-order valence-corrected chi connectivity index (χ1v) is 7.87. The first-order chi connectivity index (χ1) is 11.2. The number of benzene rings is 2. The maximum absolute atomic E-state index is 9.53. The van der Waals surface area contributed by atoms with Gasteiger partial charge in [0.2, 0.25) is 0 Å². The summed E-state index contributed by atoms with van der Waals surface area (Å²) in [6.07, 6.45) is 3.75. The summed E-state index contributed by atoms with van der Waals surface area (Å²) in [4.78, 5) is 10.9. The molecule has 0 atom stereocenters. The van der Waals surface area contributed by atoms with Crippen molar-refractivity contribution < 1.29 is 0 Å². The number of aromatic amines is 2. The van der Waals surface area contributed by atoms with Crippen LogP contribution in [0.5, 0.6) is 0 Å². The van der Waals surface area contributed by atoms with Crippen molar-refractivity contribution in [2.45, 2.75) is 0 Å². The molecule has 2 aromatic heterocycles. The lowest BCUT2D eigenvalue weighted by Crippen LogP contribution is -1.84. The number of H-pyrrole nitrogens is 2. The molecular formula is C18H11BrN4. The third-order valence-corrected chi connectivity index (χ3v) is 4.23. The molecule has 0 saturated carbocycles. The Kier molecular flexibility index (Phi) is 3.25. The minimum Gasteiger partial charge on any atom is -0.361 e. The topological polar surface area (TPSA) is 68.3 Å². The normalized spacial score (nSPS) is 11.9. The summed E-state index contributed by atoms with van der Waals surface area (Å²) in [6, 6.07) is 16.0. The second-order valence-electron chi connectivity index (χ2n) is 5.21. The third-order valence-electron chi connectivity index (χ3n) is 3.74. The lowest BCUT2D eigenvalue weighted by Gasteiger charge is -1.96. The van der Waals surface area contributed by atoms with Crippen LogP contribution in [0, 0.1) is 11.3 Å². The fourth-order valence-corrected chi connectivity index (χ4v) is 2.98. The zero-order chi connectivity index (χ0) is 15.8. The van der Waals surface area contributed by atoms with E-state index in [1.54, 1.807) is 0 Å². The van der Waals surface area contributed by atoms with Gasteiger partial charge in [-0.15, -0.1) is 0 Å². The molecule has 2 N–H and O–H groups in total. The van der Waals surface area contributed by atoms with Gasteiger partial charge < -0.3 is 9.97 Å². The molecule has 0 radical (unpaired) electrons. The first kappa shape index (κ1) is 13.8. The van der Waals surface area contributed by atoms with Gasteiger partial charge in [0.05, 0.1) is 16.6 Å². The van der Waals surface area contributed by atoms with Crippen LogP contribution in [-0.2, 0) is 0 Å². The Labute approximate surface area is 140 Å². The summed E-state index contributed by atoms with van der Waals surface area (Å²) < 4.78 is 1.00. The Balaban J connectivity index is 1.86. The van der Waals surface area contributed by atoms with E-state index < -0.39 is 0 Å². The fourth-order valence-electron chi connectivity index (χ4n) is 2.62. The number of nitrogens with one attached hydrogen (secondary N) is 2. The van der Waals surface area contributed by atoms with E-state index in [1.165, 1.54) is 0 Å². The van der Waals surface area contributed by atoms with Crippen molar-refractivity contribution >= 4 is 49.5 Å². The van der Waals surface area contributed by atoms with Crippen LogP contribution in [0.2, 0.25) is 0 Å². The number of imidazole rings is 1. The number of hydrogen-bond donors (Lipinski definition) is 2. The minimum atomic E-state index is 0.502. The molecule has 0 aliphatic heterocycles. The second kappa shape index (κ2) is 5.41. The average Bonchev–Trinajstić information content (AvgIpc) is 3.16. The maximum atomic E-state index is 9.53. The van der Waals surface area contributed by atoms with Crippen molar-refractivity contribution in [3.63, 3.8) is 0 Å². The summed E-state index contributed by atoms with van der Waals surface area (Å²) in [5, 5.41) is 10.6. The molecule has 23 heavy (non-hydrogen) atoms. The third kappa shape index (κ3) is 2.43. The van der Waals surface area contributed by atoms with E-state index in [4.69, 9.17) is 0 Å². The molecule has 0 aliphatic carbocycles. The number of hydrogen-bond acceptors (Lipinski definition) is 2. The lowest BCUT2D eigenvalue weighted by atomic mass is 10.1. The van der Waals surface area contributed by atoms with Crippen LogP contribution < -0.4 is 0 Å². The van der Waals surface area contributed by atoms with Gasteiger partial charge in [-0.1, -0.05) is 28.1 Å². The van der Waals surface area contributed by atoms with Crippen LogP contribution in [-0.4, -0.2) is 15.0 Å². The number of para-hydroxylation sites is 2. The van der Waals surface area contributed by atoms with Gasteiger partial charge in [0.15, 0.2) is 0 Å². The predicted molar refractivity (Wildman–Crippen MR) is 95.6 cm³/mol. The quantitative estimate of drug-likeness (QED) is 0.499. The molecule has 110 valence electrons. The van der Waals surface area contributed by atoms with E-state index in [-0.39, 0.29) is 0 Å². The van der Waals surface area contributed by atoms with Gasteiger partial charge in [-0.2, -0.15) is 5.26 Å². The van der Waals surface area contributed by atoms with Crippen LogP contribution in [0.3, 0.4) is 0 Å². The molecule has 0 saturated heterocycles. The van der Waals surface area contributed by atoms with Gasteiger partial charge in [0.1, 0.15) is 11.9 Å². The van der Waals surface area contributed by atoms with Gasteiger partial charge in [0.25, 0.3) is 0 Å². The largest absolute Gasteiger partial charge is 0.361 e. The second-order valence-corrected chi connectivity index (χ2v) is 6.12. The van der Waals surface area contributed by atoms with Crippen molar-refractivity contribution in [2.24, 2.45) is 0 Å². The van der Waals surface area contributed by atoms with Crippen LogP contribution in [0.4, 0.5) is 0 Å². The van der Waals surface area contributed by atoms with E-state index >= 15 is 0 Å². The Bertz CT molecular complexity index is 1060. The van der Waals surface area contributed by atoms with E-state index in [2.05, 4.69) is 37.0 Å². The molecule has 0 unspecified atom stereocenters. The van der Waals surface area contributed by atoms with Crippen molar-refractivity contribution in [3.8, 4) is 6.07 Å². The summed E-state index contributed by atoms with van der Waals surface area (Å²) in [5.74, 6) is 0.582. The molecule has 0 spiro atoms. The zero-order valence-corrected chi connectivity index (χ0v) is 13.6. The van der Waals surface area contributed by atoms with E-state index in [1.807, 2.05) is 54.7 Å². The SMILES string of the molecule is N#CC(=Cc1c[nH]c2ccc(Br)cc12)c1nc2ccccc2[nH]1. The number of rotatable bonds is 2. The Morgan fingerprint density at radius 2 is 2.04 bits per heavy atom. The number of halogens is 1. The van der Waals surface area contributed by atoms with E-state index in [0.29, 0.717) is 11.4 Å². The van der Waals surface area contributed by atoms with Crippen molar-refractivity contribution in [3.05, 3.63) is 64.5 Å². The van der Waals surface area contributed by atoms with Gasteiger partial charge in [-0.05, 0) is 36.4 Å². The Hall–Kier alpha value is -2.84. The Morgan fingerprint density at radius 3 is 2.87 bits per heavy atom. The highest BCUT2D eigenvalue weighted by Gasteiger charge is 2.09. The van der Waals surface area contributed by atoms with Crippen LogP contribution in [0.25, 0.3) is 33.6 Å². The molecule has 5 heteroatoms.